The standard InChI is InChI=1S/C22H25NO/c1-16-7-12-21-20(15-16)13-14-23(21)22(24)19-10-8-18(9-11-19)17-5-3-2-4-6-17/h2-7,12,15,18-19H,8-11,13-14H2,1H3. The summed E-state index contributed by atoms with van der Waals surface area (Å²) in [5.41, 5.74) is 5.20. The van der Waals surface area contributed by atoms with Gasteiger partial charge >= 0.3 is 0 Å². The number of aryl methyl sites for hydroxylation is 1. The third kappa shape index (κ3) is 2.86. The minimum atomic E-state index is 0.206. The Labute approximate surface area is 144 Å². The average Bonchev–Trinajstić information content (AvgIpc) is 3.05. The molecule has 1 amide bonds. The predicted molar refractivity (Wildman–Crippen MR) is 98.4 cm³/mol. The molecule has 1 saturated carbocycles. The number of rotatable bonds is 2. The van der Waals surface area contributed by atoms with Crippen molar-refractivity contribution in [3.8, 4) is 0 Å². The van der Waals surface area contributed by atoms with E-state index in [0.717, 1.165) is 44.3 Å². The molecule has 1 aliphatic heterocycles. The molecule has 1 fully saturated rings. The van der Waals surface area contributed by atoms with E-state index in [2.05, 4.69) is 55.5 Å². The van der Waals surface area contributed by atoms with Crippen LogP contribution in [-0.2, 0) is 11.2 Å². The Balaban J connectivity index is 1.43. The first-order chi connectivity index (χ1) is 11.7. The summed E-state index contributed by atoms with van der Waals surface area (Å²) in [4.78, 5) is 15.1. The number of anilines is 1. The van der Waals surface area contributed by atoms with Crippen LogP contribution in [0.4, 0.5) is 5.69 Å². The molecule has 1 aliphatic carbocycles. The van der Waals surface area contributed by atoms with Gasteiger partial charge in [-0.2, -0.15) is 0 Å². The van der Waals surface area contributed by atoms with Crippen LogP contribution in [0.25, 0.3) is 0 Å². The van der Waals surface area contributed by atoms with E-state index in [1.54, 1.807) is 0 Å². The summed E-state index contributed by atoms with van der Waals surface area (Å²) in [6.07, 6.45) is 5.32. The van der Waals surface area contributed by atoms with Crippen molar-refractivity contribution in [3.63, 3.8) is 0 Å². The maximum Gasteiger partial charge on any atom is 0.230 e. The van der Waals surface area contributed by atoms with E-state index in [9.17, 15) is 4.79 Å². The van der Waals surface area contributed by atoms with Crippen molar-refractivity contribution in [2.45, 2.75) is 44.9 Å². The number of amides is 1. The van der Waals surface area contributed by atoms with E-state index in [-0.39, 0.29) is 5.92 Å². The molecule has 0 radical (unpaired) electrons. The first-order valence-electron chi connectivity index (χ1n) is 9.18. The molecule has 0 spiro atoms. The topological polar surface area (TPSA) is 20.3 Å². The summed E-state index contributed by atoms with van der Waals surface area (Å²) in [7, 11) is 0. The zero-order chi connectivity index (χ0) is 16.5. The van der Waals surface area contributed by atoms with Crippen LogP contribution < -0.4 is 4.90 Å². The van der Waals surface area contributed by atoms with Crippen LogP contribution in [0.5, 0.6) is 0 Å². The normalized spacial score (nSPS) is 23.1. The van der Waals surface area contributed by atoms with Gasteiger partial charge in [0, 0.05) is 18.2 Å². The maximum absolute atomic E-state index is 13.0. The third-order valence-corrected chi connectivity index (χ3v) is 5.74. The largest absolute Gasteiger partial charge is 0.312 e. The monoisotopic (exact) mass is 319 g/mol. The highest BCUT2D eigenvalue weighted by molar-refractivity contribution is 5.97. The van der Waals surface area contributed by atoms with Gasteiger partial charge in [-0.15, -0.1) is 0 Å². The third-order valence-electron chi connectivity index (χ3n) is 5.74. The van der Waals surface area contributed by atoms with Gasteiger partial charge in [0.1, 0.15) is 0 Å². The molecular formula is C22H25NO. The van der Waals surface area contributed by atoms with Gasteiger partial charge in [0.05, 0.1) is 0 Å². The minimum Gasteiger partial charge on any atom is -0.312 e. The SMILES string of the molecule is Cc1ccc2c(c1)CCN2C(=O)C1CCC(c2ccccc2)CC1. The maximum atomic E-state index is 13.0. The van der Waals surface area contributed by atoms with Gasteiger partial charge in [-0.25, -0.2) is 0 Å². The summed E-state index contributed by atoms with van der Waals surface area (Å²) in [6.45, 7) is 2.98. The van der Waals surface area contributed by atoms with Crippen molar-refractivity contribution in [1.82, 2.24) is 0 Å². The molecule has 1 heterocycles. The van der Waals surface area contributed by atoms with Crippen molar-refractivity contribution in [2.75, 3.05) is 11.4 Å². The van der Waals surface area contributed by atoms with Crippen LogP contribution in [0, 0.1) is 12.8 Å². The number of carbonyl (C=O) groups excluding carboxylic acids is 1. The number of benzene rings is 2. The minimum absolute atomic E-state index is 0.206. The Morgan fingerprint density at radius 1 is 1.00 bits per heavy atom. The lowest BCUT2D eigenvalue weighted by Crippen LogP contribution is -2.36. The lowest BCUT2D eigenvalue weighted by atomic mass is 9.78. The van der Waals surface area contributed by atoms with E-state index in [1.807, 2.05) is 4.90 Å². The van der Waals surface area contributed by atoms with Crippen molar-refractivity contribution < 1.29 is 4.79 Å². The summed E-state index contributed by atoms with van der Waals surface area (Å²) >= 11 is 0. The number of nitrogens with zero attached hydrogens (tertiary/aromatic N) is 1. The summed E-state index contributed by atoms with van der Waals surface area (Å²) in [6, 6.07) is 17.3. The van der Waals surface area contributed by atoms with E-state index in [1.165, 1.54) is 16.7 Å². The highest BCUT2D eigenvalue weighted by Gasteiger charge is 2.33. The van der Waals surface area contributed by atoms with E-state index in [0.29, 0.717) is 11.8 Å². The number of carbonyl (C=O) groups is 1. The quantitative estimate of drug-likeness (QED) is 0.774. The fourth-order valence-corrected chi connectivity index (χ4v) is 4.38. The molecule has 124 valence electrons. The van der Waals surface area contributed by atoms with Crippen LogP contribution in [0.15, 0.2) is 48.5 Å². The number of hydrogen-bond donors (Lipinski definition) is 0. The van der Waals surface area contributed by atoms with Crippen LogP contribution in [-0.4, -0.2) is 12.5 Å². The smallest absolute Gasteiger partial charge is 0.230 e. The first kappa shape index (κ1) is 15.4. The second-order valence-corrected chi connectivity index (χ2v) is 7.33. The van der Waals surface area contributed by atoms with Crippen LogP contribution in [0.2, 0.25) is 0 Å². The second kappa shape index (κ2) is 6.43. The predicted octanol–water partition coefficient (Wildman–Crippen LogP) is 4.86. The Hall–Kier alpha value is -2.09. The van der Waals surface area contributed by atoms with Crippen LogP contribution in [0.3, 0.4) is 0 Å². The molecule has 2 aromatic rings. The van der Waals surface area contributed by atoms with Gasteiger partial charge in [-0.1, -0.05) is 48.0 Å². The van der Waals surface area contributed by atoms with E-state index in [4.69, 9.17) is 0 Å². The first-order valence-corrected chi connectivity index (χ1v) is 9.18. The van der Waals surface area contributed by atoms with Gasteiger partial charge in [-0.3, -0.25) is 4.79 Å². The average molecular weight is 319 g/mol. The fourth-order valence-electron chi connectivity index (χ4n) is 4.38. The van der Waals surface area contributed by atoms with Crippen LogP contribution in [0.1, 0.15) is 48.3 Å². The lowest BCUT2D eigenvalue weighted by Gasteiger charge is -2.31. The zero-order valence-electron chi connectivity index (χ0n) is 14.4. The zero-order valence-corrected chi connectivity index (χ0v) is 14.4. The molecule has 0 atom stereocenters. The molecule has 24 heavy (non-hydrogen) atoms. The molecule has 2 aromatic carbocycles. The molecule has 0 N–H and O–H groups in total. The van der Waals surface area contributed by atoms with Gasteiger partial charge in [0.25, 0.3) is 0 Å². The molecule has 0 unspecified atom stereocenters. The molecule has 4 rings (SSSR count). The molecular weight excluding hydrogens is 294 g/mol. The molecule has 0 saturated heterocycles. The van der Waals surface area contributed by atoms with Gasteiger partial charge in [-0.05, 0) is 62.1 Å². The Kier molecular flexibility index (Phi) is 4.13. The summed E-state index contributed by atoms with van der Waals surface area (Å²) in [5, 5.41) is 0. The van der Waals surface area contributed by atoms with Crippen molar-refractivity contribution in [2.24, 2.45) is 5.92 Å². The highest BCUT2D eigenvalue weighted by Crippen LogP contribution is 2.38. The summed E-state index contributed by atoms with van der Waals surface area (Å²) < 4.78 is 0. The molecule has 2 aliphatic rings. The van der Waals surface area contributed by atoms with Gasteiger partial charge < -0.3 is 4.90 Å². The van der Waals surface area contributed by atoms with Crippen LogP contribution >= 0.6 is 0 Å². The fraction of sp³-hybridized carbons (Fsp3) is 0.409. The molecule has 2 heteroatoms. The lowest BCUT2D eigenvalue weighted by molar-refractivity contribution is -0.123. The molecule has 0 bridgehead atoms. The second-order valence-electron chi connectivity index (χ2n) is 7.33. The van der Waals surface area contributed by atoms with Crippen molar-refractivity contribution in [3.05, 3.63) is 65.2 Å². The van der Waals surface area contributed by atoms with Gasteiger partial charge in [0.2, 0.25) is 5.91 Å². The van der Waals surface area contributed by atoms with E-state index >= 15 is 0 Å². The Morgan fingerprint density at radius 3 is 2.50 bits per heavy atom. The number of fused-ring (bicyclic) bond motifs is 1. The Bertz CT molecular complexity index is 729. The number of hydrogen-bond acceptors (Lipinski definition) is 1. The van der Waals surface area contributed by atoms with Gasteiger partial charge in [0.15, 0.2) is 0 Å². The Morgan fingerprint density at radius 2 is 1.75 bits per heavy atom. The molecule has 0 aromatic heterocycles. The van der Waals surface area contributed by atoms with E-state index < -0.39 is 0 Å². The highest BCUT2D eigenvalue weighted by atomic mass is 16.2. The van der Waals surface area contributed by atoms with Crippen molar-refractivity contribution >= 4 is 11.6 Å². The summed E-state index contributed by atoms with van der Waals surface area (Å²) in [5.74, 6) is 1.19. The van der Waals surface area contributed by atoms with Crippen molar-refractivity contribution in [1.29, 1.82) is 0 Å². The molecule has 2 nitrogen and oxygen atoms in total.